The van der Waals surface area contributed by atoms with Crippen LogP contribution < -0.4 is 15.4 Å². The van der Waals surface area contributed by atoms with Gasteiger partial charge in [-0.25, -0.2) is 9.78 Å². The summed E-state index contributed by atoms with van der Waals surface area (Å²) in [6.45, 7) is 1.46. The number of hydrogen-bond donors (Lipinski definition) is 2. The third-order valence-electron chi connectivity index (χ3n) is 3.59. The van der Waals surface area contributed by atoms with Crippen molar-refractivity contribution in [3.63, 3.8) is 0 Å². The fourth-order valence-electron chi connectivity index (χ4n) is 2.28. The summed E-state index contributed by atoms with van der Waals surface area (Å²) in [5, 5.41) is 5.49. The lowest BCUT2D eigenvalue weighted by Crippen LogP contribution is -2.30. The molecule has 3 rings (SSSR count). The van der Waals surface area contributed by atoms with Gasteiger partial charge < -0.3 is 24.5 Å². The number of aromatic nitrogens is 1. The Hall–Kier alpha value is -2.84. The Balaban J connectivity index is 1.33. The molecule has 7 nitrogen and oxygen atoms in total. The molecule has 2 N–H and O–H groups in total. The minimum absolute atomic E-state index is 0.298. The standard InChI is InChI=1S/C20H20BrN3O4/c21-15-4-1-5-17(12-15)28-19-8-7-16(13-23-19)24-20(25)22-9-3-10-26-14-18-6-2-11-27-18/h1-2,4-8,11-13H,3,9-10,14H2,(H2,22,24,25). The van der Waals surface area contributed by atoms with Crippen LogP contribution in [-0.2, 0) is 11.3 Å². The van der Waals surface area contributed by atoms with Crippen molar-refractivity contribution in [2.45, 2.75) is 13.0 Å². The number of carbonyl (C=O) groups is 1. The molecule has 2 heterocycles. The van der Waals surface area contributed by atoms with Crippen molar-refractivity contribution in [2.75, 3.05) is 18.5 Å². The van der Waals surface area contributed by atoms with Gasteiger partial charge in [0.25, 0.3) is 0 Å². The summed E-state index contributed by atoms with van der Waals surface area (Å²) in [6, 6.07) is 14.3. The van der Waals surface area contributed by atoms with Crippen LogP contribution in [0.3, 0.4) is 0 Å². The van der Waals surface area contributed by atoms with E-state index in [1.165, 1.54) is 0 Å². The van der Waals surface area contributed by atoms with Gasteiger partial charge in [0.15, 0.2) is 0 Å². The predicted molar refractivity (Wildman–Crippen MR) is 108 cm³/mol. The van der Waals surface area contributed by atoms with Crippen LogP contribution >= 0.6 is 15.9 Å². The van der Waals surface area contributed by atoms with Gasteiger partial charge in [0.1, 0.15) is 18.1 Å². The first kappa shape index (κ1) is 19.9. The van der Waals surface area contributed by atoms with E-state index in [1.54, 1.807) is 24.6 Å². The SMILES string of the molecule is O=C(NCCCOCc1ccco1)Nc1ccc(Oc2cccc(Br)c2)nc1. The van der Waals surface area contributed by atoms with Crippen LogP contribution in [0.15, 0.2) is 69.9 Å². The minimum atomic E-state index is -0.298. The summed E-state index contributed by atoms with van der Waals surface area (Å²) in [6.07, 6.45) is 3.85. The zero-order valence-corrected chi connectivity index (χ0v) is 16.6. The van der Waals surface area contributed by atoms with Gasteiger partial charge in [-0.15, -0.1) is 0 Å². The van der Waals surface area contributed by atoms with E-state index in [9.17, 15) is 4.79 Å². The molecule has 0 aliphatic heterocycles. The first-order valence-corrected chi connectivity index (χ1v) is 9.53. The molecular weight excluding hydrogens is 426 g/mol. The first-order chi connectivity index (χ1) is 13.7. The minimum Gasteiger partial charge on any atom is -0.467 e. The Morgan fingerprint density at radius 2 is 2.11 bits per heavy atom. The molecular formula is C20H20BrN3O4. The number of rotatable bonds is 9. The fourth-order valence-corrected chi connectivity index (χ4v) is 2.66. The van der Waals surface area contributed by atoms with E-state index in [0.717, 1.165) is 10.2 Å². The molecule has 2 aromatic heterocycles. The molecule has 0 aliphatic rings. The molecule has 0 aliphatic carbocycles. The zero-order chi connectivity index (χ0) is 19.6. The maximum absolute atomic E-state index is 11.9. The highest BCUT2D eigenvalue weighted by atomic mass is 79.9. The molecule has 0 saturated carbocycles. The van der Waals surface area contributed by atoms with Crippen molar-refractivity contribution >= 4 is 27.6 Å². The van der Waals surface area contributed by atoms with Gasteiger partial charge >= 0.3 is 6.03 Å². The molecule has 0 unspecified atom stereocenters. The number of amides is 2. The average molecular weight is 446 g/mol. The maximum atomic E-state index is 11.9. The molecule has 0 saturated heterocycles. The number of benzene rings is 1. The molecule has 146 valence electrons. The highest BCUT2D eigenvalue weighted by Crippen LogP contribution is 2.23. The monoisotopic (exact) mass is 445 g/mol. The van der Waals surface area contributed by atoms with Crippen LogP contribution in [0.4, 0.5) is 10.5 Å². The molecule has 0 atom stereocenters. The number of nitrogens with zero attached hydrogens (tertiary/aromatic N) is 1. The largest absolute Gasteiger partial charge is 0.467 e. The van der Waals surface area contributed by atoms with E-state index in [2.05, 4.69) is 31.5 Å². The number of halogens is 1. The maximum Gasteiger partial charge on any atom is 0.319 e. The Morgan fingerprint density at radius 3 is 2.86 bits per heavy atom. The van der Waals surface area contributed by atoms with Gasteiger partial charge in [-0.2, -0.15) is 0 Å². The van der Waals surface area contributed by atoms with E-state index >= 15 is 0 Å². The van der Waals surface area contributed by atoms with Crippen molar-refractivity contribution in [3.8, 4) is 11.6 Å². The van der Waals surface area contributed by atoms with E-state index < -0.39 is 0 Å². The summed E-state index contributed by atoms with van der Waals surface area (Å²) in [5.74, 6) is 1.90. The number of ether oxygens (including phenoxy) is 2. The number of anilines is 1. The zero-order valence-electron chi connectivity index (χ0n) is 15.1. The normalized spacial score (nSPS) is 10.5. The Morgan fingerprint density at radius 1 is 1.18 bits per heavy atom. The summed E-state index contributed by atoms with van der Waals surface area (Å²) in [5.41, 5.74) is 0.577. The summed E-state index contributed by atoms with van der Waals surface area (Å²) in [4.78, 5) is 16.1. The number of furan rings is 1. The molecule has 0 radical (unpaired) electrons. The molecule has 0 fully saturated rings. The van der Waals surface area contributed by atoms with E-state index in [0.29, 0.717) is 43.5 Å². The molecule has 0 spiro atoms. The molecule has 2 amide bonds. The number of hydrogen-bond acceptors (Lipinski definition) is 5. The van der Waals surface area contributed by atoms with Crippen LogP contribution in [0, 0.1) is 0 Å². The van der Waals surface area contributed by atoms with Gasteiger partial charge in [0, 0.05) is 23.7 Å². The number of urea groups is 1. The highest BCUT2D eigenvalue weighted by Gasteiger charge is 2.04. The first-order valence-electron chi connectivity index (χ1n) is 8.73. The lowest BCUT2D eigenvalue weighted by Gasteiger charge is -2.09. The third kappa shape index (κ3) is 6.71. The van der Waals surface area contributed by atoms with Crippen molar-refractivity contribution in [3.05, 3.63) is 71.2 Å². The molecule has 1 aromatic carbocycles. The second kappa shape index (κ2) is 10.5. The van der Waals surface area contributed by atoms with Crippen molar-refractivity contribution in [1.29, 1.82) is 0 Å². The number of carbonyl (C=O) groups excluding carboxylic acids is 1. The molecule has 28 heavy (non-hydrogen) atoms. The topological polar surface area (TPSA) is 85.6 Å². The van der Waals surface area contributed by atoms with Gasteiger partial charge in [0.05, 0.1) is 18.1 Å². The van der Waals surface area contributed by atoms with Crippen LogP contribution in [0.2, 0.25) is 0 Å². The van der Waals surface area contributed by atoms with Crippen LogP contribution in [0.1, 0.15) is 12.2 Å². The second-order valence-electron chi connectivity index (χ2n) is 5.81. The van der Waals surface area contributed by atoms with E-state index in [4.69, 9.17) is 13.9 Å². The number of nitrogens with one attached hydrogen (secondary N) is 2. The lowest BCUT2D eigenvalue weighted by molar-refractivity contribution is 0.104. The van der Waals surface area contributed by atoms with Crippen molar-refractivity contribution < 1.29 is 18.7 Å². The van der Waals surface area contributed by atoms with Gasteiger partial charge in [-0.05, 0) is 42.8 Å². The van der Waals surface area contributed by atoms with Crippen LogP contribution in [0.5, 0.6) is 11.6 Å². The Labute approximate surface area is 171 Å². The Kier molecular flexibility index (Phi) is 7.45. The summed E-state index contributed by atoms with van der Waals surface area (Å²) < 4.78 is 17.2. The fraction of sp³-hybridized carbons (Fsp3) is 0.200. The van der Waals surface area contributed by atoms with E-state index in [1.807, 2.05) is 36.4 Å². The molecule has 8 heteroatoms. The van der Waals surface area contributed by atoms with Gasteiger partial charge in [-0.3, -0.25) is 0 Å². The molecule has 0 bridgehead atoms. The van der Waals surface area contributed by atoms with Crippen LogP contribution in [0.25, 0.3) is 0 Å². The quantitative estimate of drug-likeness (QED) is 0.454. The van der Waals surface area contributed by atoms with Gasteiger partial charge in [-0.1, -0.05) is 22.0 Å². The predicted octanol–water partition coefficient (Wildman–Crippen LogP) is 4.96. The summed E-state index contributed by atoms with van der Waals surface area (Å²) in [7, 11) is 0. The van der Waals surface area contributed by atoms with E-state index in [-0.39, 0.29) is 6.03 Å². The number of pyridine rings is 1. The van der Waals surface area contributed by atoms with Crippen molar-refractivity contribution in [2.24, 2.45) is 0 Å². The average Bonchev–Trinajstić information content (AvgIpc) is 3.20. The van der Waals surface area contributed by atoms with Crippen molar-refractivity contribution in [1.82, 2.24) is 10.3 Å². The lowest BCUT2D eigenvalue weighted by atomic mass is 10.3. The Bertz CT molecular complexity index is 869. The summed E-state index contributed by atoms with van der Waals surface area (Å²) >= 11 is 3.39. The third-order valence-corrected chi connectivity index (χ3v) is 4.08. The highest BCUT2D eigenvalue weighted by molar-refractivity contribution is 9.10. The van der Waals surface area contributed by atoms with Gasteiger partial charge in [0.2, 0.25) is 5.88 Å². The second-order valence-corrected chi connectivity index (χ2v) is 6.73. The van der Waals surface area contributed by atoms with Crippen LogP contribution in [-0.4, -0.2) is 24.2 Å². The smallest absolute Gasteiger partial charge is 0.319 e. The molecule has 3 aromatic rings.